The quantitative estimate of drug-likeness (QED) is 0.866. The predicted octanol–water partition coefficient (Wildman–Crippen LogP) is 2.19. The van der Waals surface area contributed by atoms with E-state index in [0.717, 1.165) is 22.8 Å². The van der Waals surface area contributed by atoms with Gasteiger partial charge in [-0.2, -0.15) is 0 Å². The van der Waals surface area contributed by atoms with E-state index >= 15 is 0 Å². The van der Waals surface area contributed by atoms with Crippen LogP contribution in [0.25, 0.3) is 0 Å². The van der Waals surface area contributed by atoms with E-state index in [1.807, 2.05) is 26.8 Å². The zero-order valence-electron chi connectivity index (χ0n) is 11.8. The summed E-state index contributed by atoms with van der Waals surface area (Å²) < 4.78 is 10.6. The van der Waals surface area contributed by atoms with Gasteiger partial charge in [-0.05, 0) is 39.8 Å². The minimum absolute atomic E-state index is 0.393. The van der Waals surface area contributed by atoms with Gasteiger partial charge in [0, 0.05) is 18.7 Å². The lowest BCUT2D eigenvalue weighted by atomic mass is 10.0. The Labute approximate surface area is 112 Å². The highest BCUT2D eigenvalue weighted by molar-refractivity contribution is 5.20. The molecule has 0 fully saturated rings. The predicted molar refractivity (Wildman–Crippen MR) is 70.7 cm³/mol. The van der Waals surface area contributed by atoms with E-state index in [0.29, 0.717) is 18.8 Å². The average Bonchev–Trinajstić information content (AvgIpc) is 2.90. The van der Waals surface area contributed by atoms with Crippen LogP contribution < -0.4 is 5.32 Å². The molecule has 5 heteroatoms. The van der Waals surface area contributed by atoms with E-state index in [1.165, 1.54) is 0 Å². The third-order valence-corrected chi connectivity index (χ3v) is 3.22. The van der Waals surface area contributed by atoms with Crippen LogP contribution in [0, 0.1) is 20.8 Å². The summed E-state index contributed by atoms with van der Waals surface area (Å²) in [4.78, 5) is 0. The number of aromatic nitrogens is 1. The number of rotatable bonds is 5. The smallest absolute Gasteiger partial charge is 0.138 e. The number of hydrogen-bond acceptors (Lipinski definition) is 5. The molecule has 0 aliphatic rings. The van der Waals surface area contributed by atoms with Gasteiger partial charge in [0.05, 0.1) is 5.69 Å². The molecule has 0 amide bonds. The van der Waals surface area contributed by atoms with Crippen molar-refractivity contribution in [3.63, 3.8) is 0 Å². The van der Waals surface area contributed by atoms with Gasteiger partial charge in [-0.1, -0.05) is 5.16 Å². The SMILES string of the molecule is Cc1ccc(C(C)(O)CNCc2c(C)noc2C)o1. The van der Waals surface area contributed by atoms with Gasteiger partial charge in [0.2, 0.25) is 0 Å². The third-order valence-electron chi connectivity index (χ3n) is 3.22. The maximum atomic E-state index is 10.4. The van der Waals surface area contributed by atoms with E-state index in [9.17, 15) is 5.11 Å². The van der Waals surface area contributed by atoms with E-state index in [4.69, 9.17) is 8.94 Å². The van der Waals surface area contributed by atoms with Gasteiger partial charge >= 0.3 is 0 Å². The number of hydrogen-bond donors (Lipinski definition) is 2. The van der Waals surface area contributed by atoms with Crippen molar-refractivity contribution >= 4 is 0 Å². The van der Waals surface area contributed by atoms with Crippen molar-refractivity contribution in [1.82, 2.24) is 10.5 Å². The summed E-state index contributed by atoms with van der Waals surface area (Å²) in [5.74, 6) is 2.16. The van der Waals surface area contributed by atoms with E-state index in [-0.39, 0.29) is 0 Å². The highest BCUT2D eigenvalue weighted by atomic mass is 16.5. The second kappa shape index (κ2) is 5.19. The first-order valence-electron chi connectivity index (χ1n) is 6.32. The molecule has 2 aromatic rings. The molecule has 0 aliphatic heterocycles. The fourth-order valence-corrected chi connectivity index (χ4v) is 2.00. The Balaban J connectivity index is 1.95. The lowest BCUT2D eigenvalue weighted by molar-refractivity contribution is 0.0332. The van der Waals surface area contributed by atoms with Gasteiger partial charge in [0.15, 0.2) is 0 Å². The zero-order chi connectivity index (χ0) is 14.0. The topological polar surface area (TPSA) is 71.4 Å². The van der Waals surface area contributed by atoms with Crippen molar-refractivity contribution in [3.05, 3.63) is 40.7 Å². The largest absolute Gasteiger partial charge is 0.463 e. The van der Waals surface area contributed by atoms with Crippen LogP contribution in [-0.4, -0.2) is 16.8 Å². The van der Waals surface area contributed by atoms with Crippen molar-refractivity contribution in [2.24, 2.45) is 0 Å². The van der Waals surface area contributed by atoms with Crippen LogP contribution in [0.15, 0.2) is 21.1 Å². The van der Waals surface area contributed by atoms with Crippen molar-refractivity contribution in [2.75, 3.05) is 6.54 Å². The molecule has 1 atom stereocenters. The van der Waals surface area contributed by atoms with E-state index < -0.39 is 5.60 Å². The van der Waals surface area contributed by atoms with Crippen LogP contribution in [0.1, 0.15) is 35.5 Å². The minimum Gasteiger partial charge on any atom is -0.463 e. The van der Waals surface area contributed by atoms with E-state index in [2.05, 4.69) is 10.5 Å². The summed E-state index contributed by atoms with van der Waals surface area (Å²) in [6.07, 6.45) is 0. The average molecular weight is 264 g/mol. The third kappa shape index (κ3) is 3.05. The molecule has 1 unspecified atom stereocenters. The van der Waals surface area contributed by atoms with Crippen LogP contribution in [0.4, 0.5) is 0 Å². The molecule has 5 nitrogen and oxygen atoms in total. The summed E-state index contributed by atoms with van der Waals surface area (Å²) in [5.41, 5.74) is 0.873. The monoisotopic (exact) mass is 264 g/mol. The molecule has 0 saturated carbocycles. The molecule has 2 rings (SSSR count). The molecular weight excluding hydrogens is 244 g/mol. The van der Waals surface area contributed by atoms with Crippen molar-refractivity contribution in [2.45, 2.75) is 39.8 Å². The van der Waals surface area contributed by atoms with Crippen LogP contribution >= 0.6 is 0 Å². The molecule has 0 bridgehead atoms. The summed E-state index contributed by atoms with van der Waals surface area (Å²) in [6, 6.07) is 3.64. The Morgan fingerprint density at radius 1 is 1.32 bits per heavy atom. The molecule has 0 aliphatic carbocycles. The second-order valence-corrected chi connectivity index (χ2v) is 5.09. The number of furan rings is 1. The van der Waals surface area contributed by atoms with Gasteiger partial charge in [0.1, 0.15) is 22.9 Å². The highest BCUT2D eigenvalue weighted by Crippen LogP contribution is 2.22. The van der Waals surface area contributed by atoms with Gasteiger partial charge in [-0.25, -0.2) is 0 Å². The Bertz CT molecular complexity index is 535. The standard InChI is InChI=1S/C14H20N2O3/c1-9-5-6-13(18-9)14(4,17)8-15-7-12-10(2)16-19-11(12)3/h5-6,15,17H,7-8H2,1-4H3. The van der Waals surface area contributed by atoms with Crippen molar-refractivity contribution < 1.29 is 14.0 Å². The molecule has 0 saturated heterocycles. The highest BCUT2D eigenvalue weighted by Gasteiger charge is 2.26. The first-order chi connectivity index (χ1) is 8.90. The van der Waals surface area contributed by atoms with Gasteiger partial charge < -0.3 is 19.4 Å². The van der Waals surface area contributed by atoms with Gasteiger partial charge in [-0.3, -0.25) is 0 Å². The maximum Gasteiger partial charge on any atom is 0.138 e. The first kappa shape index (κ1) is 13.8. The molecule has 0 spiro atoms. The molecular formula is C14H20N2O3. The Morgan fingerprint density at radius 2 is 2.05 bits per heavy atom. The number of aryl methyl sites for hydroxylation is 3. The van der Waals surface area contributed by atoms with Crippen molar-refractivity contribution in [3.8, 4) is 0 Å². The lowest BCUT2D eigenvalue weighted by Crippen LogP contribution is -2.35. The summed E-state index contributed by atoms with van der Waals surface area (Å²) in [5, 5.41) is 17.5. The molecule has 2 heterocycles. The molecule has 0 aromatic carbocycles. The number of nitrogens with one attached hydrogen (secondary N) is 1. The van der Waals surface area contributed by atoms with Crippen LogP contribution in [0.3, 0.4) is 0 Å². The molecule has 0 radical (unpaired) electrons. The summed E-state index contributed by atoms with van der Waals surface area (Å²) >= 11 is 0. The normalized spacial score (nSPS) is 14.6. The van der Waals surface area contributed by atoms with E-state index in [1.54, 1.807) is 13.0 Å². The minimum atomic E-state index is -1.03. The number of aliphatic hydroxyl groups is 1. The maximum absolute atomic E-state index is 10.4. The Morgan fingerprint density at radius 3 is 2.58 bits per heavy atom. The molecule has 2 aromatic heterocycles. The van der Waals surface area contributed by atoms with Crippen LogP contribution in [0.2, 0.25) is 0 Å². The lowest BCUT2D eigenvalue weighted by Gasteiger charge is -2.21. The molecule has 104 valence electrons. The summed E-state index contributed by atoms with van der Waals surface area (Å²) in [6.45, 7) is 8.37. The Kier molecular flexibility index (Phi) is 3.78. The van der Waals surface area contributed by atoms with Gasteiger partial charge in [-0.15, -0.1) is 0 Å². The summed E-state index contributed by atoms with van der Waals surface area (Å²) in [7, 11) is 0. The molecule has 19 heavy (non-hydrogen) atoms. The second-order valence-electron chi connectivity index (χ2n) is 5.09. The molecule has 2 N–H and O–H groups in total. The van der Waals surface area contributed by atoms with Crippen molar-refractivity contribution in [1.29, 1.82) is 0 Å². The fourth-order valence-electron chi connectivity index (χ4n) is 2.00. The Hall–Kier alpha value is -1.59. The zero-order valence-corrected chi connectivity index (χ0v) is 11.8. The first-order valence-corrected chi connectivity index (χ1v) is 6.32. The van der Waals surface area contributed by atoms with Gasteiger partial charge in [0.25, 0.3) is 0 Å². The number of nitrogens with zero attached hydrogens (tertiary/aromatic N) is 1. The van der Waals surface area contributed by atoms with Crippen LogP contribution in [0.5, 0.6) is 0 Å². The van der Waals surface area contributed by atoms with Crippen LogP contribution in [-0.2, 0) is 12.1 Å². The fraction of sp³-hybridized carbons (Fsp3) is 0.500.